The molecule has 0 N–H and O–H groups in total. The molecular formula is C62H43NO. The fourth-order valence-corrected chi connectivity index (χ4v) is 11.5. The Bertz CT molecular complexity index is 3600. The number of hydrogen-bond acceptors (Lipinski definition) is 2. The molecule has 2 nitrogen and oxygen atoms in total. The van der Waals surface area contributed by atoms with E-state index in [9.17, 15) is 0 Å². The van der Waals surface area contributed by atoms with Gasteiger partial charge in [0.2, 0.25) is 0 Å². The van der Waals surface area contributed by atoms with Crippen LogP contribution in [0.1, 0.15) is 47.2 Å². The first-order valence-electron chi connectivity index (χ1n) is 22.3. The molecule has 11 aromatic rings. The summed E-state index contributed by atoms with van der Waals surface area (Å²) < 4.78 is 6.80. The van der Waals surface area contributed by atoms with Crippen LogP contribution in [0.3, 0.4) is 0 Å². The van der Waals surface area contributed by atoms with Gasteiger partial charge in [0, 0.05) is 33.2 Å². The number of hydrogen-bond donors (Lipinski definition) is 0. The number of fused-ring (bicyclic) bond motifs is 11. The van der Waals surface area contributed by atoms with Crippen LogP contribution in [0.2, 0.25) is 0 Å². The number of furan rings is 1. The van der Waals surface area contributed by atoms with Crippen LogP contribution in [0, 0.1) is 0 Å². The smallest absolute Gasteiger partial charge is 0.136 e. The molecule has 13 rings (SSSR count). The number of rotatable bonds is 6. The van der Waals surface area contributed by atoms with E-state index in [-0.39, 0.29) is 5.41 Å². The molecule has 2 aliphatic carbocycles. The van der Waals surface area contributed by atoms with E-state index in [0.29, 0.717) is 0 Å². The lowest BCUT2D eigenvalue weighted by molar-refractivity contribution is 0.660. The monoisotopic (exact) mass is 817 g/mol. The number of benzene rings is 10. The van der Waals surface area contributed by atoms with Crippen molar-refractivity contribution in [2.24, 2.45) is 0 Å². The molecule has 10 aromatic carbocycles. The summed E-state index contributed by atoms with van der Waals surface area (Å²) in [5.41, 5.74) is 19.6. The fourth-order valence-electron chi connectivity index (χ4n) is 11.5. The first-order chi connectivity index (χ1) is 31.5. The molecule has 0 saturated carbocycles. The summed E-state index contributed by atoms with van der Waals surface area (Å²) in [6, 6.07) is 82.7. The van der Waals surface area contributed by atoms with Crippen molar-refractivity contribution in [3.8, 4) is 33.4 Å². The van der Waals surface area contributed by atoms with Gasteiger partial charge in [-0.3, -0.25) is 0 Å². The van der Waals surface area contributed by atoms with Crippen LogP contribution in [-0.2, 0) is 10.8 Å². The zero-order chi connectivity index (χ0) is 42.6. The third kappa shape index (κ3) is 5.14. The number of anilines is 3. The maximum absolute atomic E-state index is 6.80. The molecule has 0 atom stereocenters. The van der Waals surface area contributed by atoms with Crippen LogP contribution in [0.4, 0.5) is 17.1 Å². The summed E-state index contributed by atoms with van der Waals surface area (Å²) in [5.74, 6) is 0. The van der Waals surface area contributed by atoms with E-state index in [0.717, 1.165) is 39.0 Å². The molecule has 0 aliphatic heterocycles. The highest BCUT2D eigenvalue weighted by Gasteiger charge is 2.46. The average molecular weight is 818 g/mol. The van der Waals surface area contributed by atoms with Crippen molar-refractivity contribution in [3.63, 3.8) is 0 Å². The van der Waals surface area contributed by atoms with E-state index < -0.39 is 5.41 Å². The Labute approximate surface area is 373 Å². The molecular weight excluding hydrogens is 775 g/mol. The quantitative estimate of drug-likeness (QED) is 0.166. The lowest BCUT2D eigenvalue weighted by Crippen LogP contribution is -2.28. The second kappa shape index (κ2) is 13.8. The molecule has 0 amide bonds. The van der Waals surface area contributed by atoms with Crippen LogP contribution in [-0.4, -0.2) is 0 Å². The Morgan fingerprint density at radius 2 is 0.844 bits per heavy atom. The molecule has 0 spiro atoms. The van der Waals surface area contributed by atoms with Gasteiger partial charge >= 0.3 is 0 Å². The van der Waals surface area contributed by atoms with Gasteiger partial charge in [-0.15, -0.1) is 0 Å². The van der Waals surface area contributed by atoms with Crippen LogP contribution in [0.25, 0.3) is 66.1 Å². The predicted molar refractivity (Wildman–Crippen MR) is 266 cm³/mol. The number of nitrogens with zero attached hydrogens (tertiary/aromatic N) is 1. The summed E-state index contributed by atoms with van der Waals surface area (Å²) >= 11 is 0. The summed E-state index contributed by atoms with van der Waals surface area (Å²) in [7, 11) is 0. The van der Waals surface area contributed by atoms with Gasteiger partial charge in [-0.25, -0.2) is 0 Å². The second-order valence-electron chi connectivity index (χ2n) is 18.0. The Hall–Kier alpha value is -7.94. The van der Waals surface area contributed by atoms with E-state index in [2.05, 4.69) is 243 Å². The normalized spacial score (nSPS) is 14.0. The van der Waals surface area contributed by atoms with Crippen molar-refractivity contribution in [2.45, 2.75) is 24.7 Å². The van der Waals surface area contributed by atoms with Gasteiger partial charge < -0.3 is 9.32 Å². The van der Waals surface area contributed by atoms with Crippen molar-refractivity contribution in [2.75, 3.05) is 4.90 Å². The van der Waals surface area contributed by atoms with E-state index in [1.165, 1.54) is 77.5 Å². The minimum Gasteiger partial charge on any atom is -0.456 e. The highest BCUT2D eigenvalue weighted by molar-refractivity contribution is 6.22. The Kier molecular flexibility index (Phi) is 7.90. The maximum Gasteiger partial charge on any atom is 0.136 e. The van der Waals surface area contributed by atoms with Crippen molar-refractivity contribution in [3.05, 3.63) is 258 Å². The third-order valence-electron chi connectivity index (χ3n) is 14.3. The molecule has 0 saturated heterocycles. The van der Waals surface area contributed by atoms with Crippen LogP contribution in [0.5, 0.6) is 0 Å². The SMILES string of the molecule is CC1(C)c2ccccc2-c2ccc(N(c3ccc4c(c3)C(c3ccccc3)(c3ccccc3)c3ccccc3-4)c3ccc4oc5cc(-c6ccccc6)c6ccccc6c5c4c3)cc21. The van der Waals surface area contributed by atoms with Gasteiger partial charge in [-0.2, -0.15) is 0 Å². The molecule has 0 unspecified atom stereocenters. The Balaban J connectivity index is 1.08. The molecule has 1 aromatic heterocycles. The van der Waals surface area contributed by atoms with Crippen LogP contribution < -0.4 is 4.90 Å². The lowest BCUT2D eigenvalue weighted by Gasteiger charge is -2.35. The standard InChI is InChI=1S/C62H43NO/c1-61(2)54-28-16-14-25-47(54)49-33-30-44(37-56(49)61)63(43-32-35-58-53(36-43)60-51-27-13-12-24-46(51)52(39-59(60)64-58)40-18-6-3-7-19-40)45-31-34-50-48-26-15-17-29-55(48)62(57(50)38-45,41-20-8-4-9-21-41)42-22-10-5-11-23-42/h3-39H,1-2H3. The Morgan fingerprint density at radius 1 is 0.344 bits per heavy atom. The zero-order valence-corrected chi connectivity index (χ0v) is 35.7. The van der Waals surface area contributed by atoms with Gasteiger partial charge in [0.25, 0.3) is 0 Å². The van der Waals surface area contributed by atoms with E-state index in [4.69, 9.17) is 4.42 Å². The average Bonchev–Trinajstić information content (AvgIpc) is 3.95. The molecule has 2 aliphatic rings. The van der Waals surface area contributed by atoms with E-state index in [1.54, 1.807) is 0 Å². The second-order valence-corrected chi connectivity index (χ2v) is 18.0. The lowest BCUT2D eigenvalue weighted by atomic mass is 9.67. The highest BCUT2D eigenvalue weighted by Crippen LogP contribution is 2.58. The maximum atomic E-state index is 6.80. The molecule has 0 fully saturated rings. The third-order valence-corrected chi connectivity index (χ3v) is 14.3. The molecule has 64 heavy (non-hydrogen) atoms. The summed E-state index contributed by atoms with van der Waals surface area (Å²) in [5, 5.41) is 4.62. The summed E-state index contributed by atoms with van der Waals surface area (Å²) in [6.45, 7) is 4.73. The predicted octanol–water partition coefficient (Wildman–Crippen LogP) is 16.5. The van der Waals surface area contributed by atoms with Gasteiger partial charge in [0.05, 0.1) is 5.41 Å². The van der Waals surface area contributed by atoms with Crippen LogP contribution in [0.15, 0.2) is 229 Å². The zero-order valence-electron chi connectivity index (χ0n) is 35.7. The molecule has 0 radical (unpaired) electrons. The van der Waals surface area contributed by atoms with E-state index in [1.807, 2.05) is 0 Å². The molecule has 302 valence electrons. The minimum absolute atomic E-state index is 0.164. The van der Waals surface area contributed by atoms with Gasteiger partial charge in [-0.05, 0) is 126 Å². The van der Waals surface area contributed by atoms with Gasteiger partial charge in [0.1, 0.15) is 11.2 Å². The van der Waals surface area contributed by atoms with Crippen molar-refractivity contribution < 1.29 is 4.42 Å². The van der Waals surface area contributed by atoms with Crippen molar-refractivity contribution in [1.82, 2.24) is 0 Å². The minimum atomic E-state index is -0.530. The van der Waals surface area contributed by atoms with Crippen LogP contribution >= 0.6 is 0 Å². The molecule has 1 heterocycles. The largest absolute Gasteiger partial charge is 0.456 e. The topological polar surface area (TPSA) is 16.4 Å². The van der Waals surface area contributed by atoms with Crippen molar-refractivity contribution in [1.29, 1.82) is 0 Å². The Morgan fingerprint density at radius 3 is 1.53 bits per heavy atom. The van der Waals surface area contributed by atoms with Gasteiger partial charge in [-0.1, -0.05) is 190 Å². The first kappa shape index (κ1) is 36.7. The first-order valence-corrected chi connectivity index (χ1v) is 22.3. The summed E-state index contributed by atoms with van der Waals surface area (Å²) in [6.07, 6.45) is 0. The molecule has 0 bridgehead atoms. The summed E-state index contributed by atoms with van der Waals surface area (Å²) in [4.78, 5) is 2.47. The van der Waals surface area contributed by atoms with Gasteiger partial charge in [0.15, 0.2) is 0 Å². The highest BCUT2D eigenvalue weighted by atomic mass is 16.3. The van der Waals surface area contributed by atoms with E-state index >= 15 is 0 Å². The fraction of sp³-hybridized carbons (Fsp3) is 0.0645. The van der Waals surface area contributed by atoms with Crippen molar-refractivity contribution >= 4 is 49.8 Å². The molecule has 2 heteroatoms.